The average molecular weight is 289 g/mol. The van der Waals surface area contributed by atoms with Crippen molar-refractivity contribution in [1.82, 2.24) is 5.32 Å². The van der Waals surface area contributed by atoms with Gasteiger partial charge in [-0.25, -0.2) is 0 Å². The van der Waals surface area contributed by atoms with Crippen LogP contribution in [0.3, 0.4) is 0 Å². The Morgan fingerprint density at radius 1 is 1.20 bits per heavy atom. The van der Waals surface area contributed by atoms with Gasteiger partial charge in [-0.1, -0.05) is 12.1 Å². The summed E-state index contributed by atoms with van der Waals surface area (Å²) in [5.41, 5.74) is 1.30. The van der Waals surface area contributed by atoms with Crippen LogP contribution in [0.15, 0.2) is 35.7 Å². The Bertz CT molecular complexity index is 554. The van der Waals surface area contributed by atoms with Crippen LogP contribution in [-0.4, -0.2) is 26.8 Å². The Hall–Kier alpha value is -1.52. The Labute approximate surface area is 123 Å². The smallest absolute Gasteiger partial charge is 0.161 e. The van der Waals surface area contributed by atoms with E-state index in [9.17, 15) is 0 Å². The van der Waals surface area contributed by atoms with Crippen molar-refractivity contribution in [2.45, 2.75) is 12.3 Å². The number of nitrogens with one attached hydrogen (secondary N) is 1. The summed E-state index contributed by atoms with van der Waals surface area (Å²) in [5, 5.41) is 5.38. The summed E-state index contributed by atoms with van der Waals surface area (Å²) >= 11 is 1.81. The lowest BCUT2D eigenvalue weighted by Crippen LogP contribution is -2.16. The molecule has 0 radical (unpaired) electrons. The minimum atomic E-state index is 0.415. The van der Waals surface area contributed by atoms with Crippen LogP contribution in [0.25, 0.3) is 0 Å². The molecule has 20 heavy (non-hydrogen) atoms. The normalized spacial score (nSPS) is 15.1. The molecule has 0 saturated heterocycles. The number of hydrogen-bond acceptors (Lipinski definition) is 4. The van der Waals surface area contributed by atoms with E-state index in [1.807, 2.05) is 24.5 Å². The number of fused-ring (bicyclic) bond motifs is 1. The second-order valence-electron chi connectivity index (χ2n) is 4.86. The summed E-state index contributed by atoms with van der Waals surface area (Å²) in [4.78, 5) is 1.40. The zero-order chi connectivity index (χ0) is 13.8. The lowest BCUT2D eigenvalue weighted by atomic mass is 9.93. The van der Waals surface area contributed by atoms with Gasteiger partial charge in [0.1, 0.15) is 13.2 Å². The van der Waals surface area contributed by atoms with E-state index in [0.717, 1.165) is 24.5 Å². The van der Waals surface area contributed by atoms with Gasteiger partial charge in [0.25, 0.3) is 0 Å². The third kappa shape index (κ3) is 2.81. The predicted molar refractivity (Wildman–Crippen MR) is 82.1 cm³/mol. The third-order valence-corrected chi connectivity index (χ3v) is 4.52. The molecular formula is C16H19NO2S. The zero-order valence-corrected chi connectivity index (χ0v) is 12.4. The molecule has 2 aromatic rings. The van der Waals surface area contributed by atoms with Crippen LogP contribution in [0.2, 0.25) is 0 Å². The fraction of sp³-hybridized carbons (Fsp3) is 0.375. The first kappa shape index (κ1) is 13.5. The standard InChI is InChI=1S/C16H19NO2S/c1-17-7-6-13(16-3-2-10-20-16)12-4-5-14-15(11-12)19-9-8-18-14/h2-5,10-11,13,17H,6-9H2,1H3. The van der Waals surface area contributed by atoms with Gasteiger partial charge in [-0.15, -0.1) is 11.3 Å². The summed E-state index contributed by atoms with van der Waals surface area (Å²) < 4.78 is 11.3. The minimum absolute atomic E-state index is 0.415. The lowest BCUT2D eigenvalue weighted by Gasteiger charge is -2.22. The first-order valence-electron chi connectivity index (χ1n) is 6.96. The first-order chi connectivity index (χ1) is 9.88. The molecule has 3 rings (SSSR count). The van der Waals surface area contributed by atoms with E-state index in [2.05, 4.69) is 35.0 Å². The van der Waals surface area contributed by atoms with Crippen LogP contribution in [0.1, 0.15) is 22.8 Å². The molecule has 0 spiro atoms. The quantitative estimate of drug-likeness (QED) is 0.916. The maximum atomic E-state index is 5.70. The molecule has 0 aliphatic carbocycles. The van der Waals surface area contributed by atoms with Crippen molar-refractivity contribution in [2.75, 3.05) is 26.8 Å². The molecular weight excluding hydrogens is 270 g/mol. The van der Waals surface area contributed by atoms with Crippen molar-refractivity contribution in [3.05, 3.63) is 46.2 Å². The Morgan fingerprint density at radius 3 is 2.80 bits per heavy atom. The van der Waals surface area contributed by atoms with Gasteiger partial charge in [0, 0.05) is 10.8 Å². The Balaban J connectivity index is 1.90. The highest BCUT2D eigenvalue weighted by molar-refractivity contribution is 7.10. The molecule has 106 valence electrons. The highest BCUT2D eigenvalue weighted by atomic mass is 32.1. The van der Waals surface area contributed by atoms with Crippen LogP contribution < -0.4 is 14.8 Å². The van der Waals surface area contributed by atoms with E-state index in [1.165, 1.54) is 10.4 Å². The van der Waals surface area contributed by atoms with Gasteiger partial charge in [-0.3, -0.25) is 0 Å². The van der Waals surface area contributed by atoms with Crippen LogP contribution in [0, 0.1) is 0 Å². The molecule has 1 aliphatic heterocycles. The average Bonchev–Trinajstić information content (AvgIpc) is 3.02. The van der Waals surface area contributed by atoms with Gasteiger partial charge in [0.2, 0.25) is 0 Å². The van der Waals surface area contributed by atoms with Crippen molar-refractivity contribution in [1.29, 1.82) is 0 Å². The SMILES string of the molecule is CNCCC(c1ccc2c(c1)OCCO2)c1cccs1. The molecule has 1 aliphatic rings. The maximum absolute atomic E-state index is 5.70. The summed E-state index contributed by atoms with van der Waals surface area (Å²) in [5.74, 6) is 2.15. The molecule has 3 nitrogen and oxygen atoms in total. The maximum Gasteiger partial charge on any atom is 0.161 e. The topological polar surface area (TPSA) is 30.5 Å². The number of thiophene rings is 1. The summed E-state index contributed by atoms with van der Waals surface area (Å²) in [7, 11) is 2.00. The molecule has 1 atom stereocenters. The van der Waals surface area contributed by atoms with Crippen LogP contribution in [0.4, 0.5) is 0 Å². The van der Waals surface area contributed by atoms with Crippen molar-refractivity contribution in [3.63, 3.8) is 0 Å². The predicted octanol–water partition coefficient (Wildman–Crippen LogP) is 3.26. The molecule has 0 bridgehead atoms. The van der Waals surface area contributed by atoms with Gasteiger partial charge in [-0.05, 0) is 49.2 Å². The molecule has 4 heteroatoms. The highest BCUT2D eigenvalue weighted by Gasteiger charge is 2.18. The van der Waals surface area contributed by atoms with Crippen molar-refractivity contribution in [2.24, 2.45) is 0 Å². The number of rotatable bonds is 5. The highest BCUT2D eigenvalue weighted by Crippen LogP contribution is 2.37. The van der Waals surface area contributed by atoms with E-state index in [4.69, 9.17) is 9.47 Å². The third-order valence-electron chi connectivity index (χ3n) is 3.54. The van der Waals surface area contributed by atoms with E-state index in [0.29, 0.717) is 19.1 Å². The van der Waals surface area contributed by atoms with Gasteiger partial charge in [-0.2, -0.15) is 0 Å². The van der Waals surface area contributed by atoms with Crippen molar-refractivity contribution < 1.29 is 9.47 Å². The minimum Gasteiger partial charge on any atom is -0.486 e. The first-order valence-corrected chi connectivity index (χ1v) is 7.84. The fourth-order valence-electron chi connectivity index (χ4n) is 2.53. The molecule has 0 amide bonds. The molecule has 1 N–H and O–H groups in total. The van der Waals surface area contributed by atoms with Gasteiger partial charge >= 0.3 is 0 Å². The monoisotopic (exact) mass is 289 g/mol. The number of benzene rings is 1. The van der Waals surface area contributed by atoms with Crippen LogP contribution >= 0.6 is 11.3 Å². The Morgan fingerprint density at radius 2 is 2.05 bits per heavy atom. The summed E-state index contributed by atoms with van der Waals surface area (Å²) in [6.07, 6.45) is 1.08. The van der Waals surface area contributed by atoms with Gasteiger partial charge < -0.3 is 14.8 Å². The second-order valence-corrected chi connectivity index (χ2v) is 5.84. The molecule has 2 heterocycles. The molecule has 1 aromatic carbocycles. The number of hydrogen-bond donors (Lipinski definition) is 1. The second kappa shape index (κ2) is 6.29. The van der Waals surface area contributed by atoms with Crippen molar-refractivity contribution in [3.8, 4) is 11.5 Å². The zero-order valence-electron chi connectivity index (χ0n) is 11.6. The summed E-state index contributed by atoms with van der Waals surface area (Å²) in [6.45, 7) is 2.27. The number of ether oxygens (including phenoxy) is 2. The Kier molecular flexibility index (Phi) is 4.23. The molecule has 1 unspecified atom stereocenters. The summed E-state index contributed by atoms with van der Waals surface area (Å²) in [6, 6.07) is 10.7. The van der Waals surface area contributed by atoms with E-state index >= 15 is 0 Å². The van der Waals surface area contributed by atoms with E-state index in [1.54, 1.807) is 0 Å². The van der Waals surface area contributed by atoms with Crippen LogP contribution in [0.5, 0.6) is 11.5 Å². The lowest BCUT2D eigenvalue weighted by molar-refractivity contribution is 0.171. The van der Waals surface area contributed by atoms with E-state index < -0.39 is 0 Å². The van der Waals surface area contributed by atoms with Gasteiger partial charge in [0.05, 0.1) is 0 Å². The largest absolute Gasteiger partial charge is 0.486 e. The molecule has 1 aromatic heterocycles. The van der Waals surface area contributed by atoms with E-state index in [-0.39, 0.29) is 0 Å². The molecule has 0 fully saturated rings. The van der Waals surface area contributed by atoms with Crippen molar-refractivity contribution >= 4 is 11.3 Å². The van der Waals surface area contributed by atoms with Gasteiger partial charge in [0.15, 0.2) is 11.5 Å². The fourth-order valence-corrected chi connectivity index (χ4v) is 3.42. The van der Waals surface area contributed by atoms with Crippen LogP contribution in [-0.2, 0) is 0 Å². The molecule has 0 saturated carbocycles.